The van der Waals surface area contributed by atoms with Crippen LogP contribution in [0.4, 0.5) is 0 Å². The third-order valence-corrected chi connectivity index (χ3v) is 2.98. The molecule has 1 aromatic carbocycles. The number of hydrogen-bond donors (Lipinski definition) is 2. The van der Waals surface area contributed by atoms with Gasteiger partial charge >= 0.3 is 5.97 Å². The third kappa shape index (κ3) is 4.66. The lowest BCUT2D eigenvalue weighted by Gasteiger charge is -2.19. The Kier molecular flexibility index (Phi) is 5.27. The summed E-state index contributed by atoms with van der Waals surface area (Å²) in [6.45, 7) is 4.07. The van der Waals surface area contributed by atoms with Gasteiger partial charge in [-0.25, -0.2) is 0 Å². The number of aliphatic carboxylic acids is 1. The standard InChI is InChI=1S/C15H22N2O3/c1-15(2,14(19)20)10-16-13(18)12-7-5-11(6-8-12)9-17(3)4/h5-8H,9-10H2,1-4H3,(H,16,18)(H,19,20). The van der Waals surface area contributed by atoms with Gasteiger partial charge in [0.15, 0.2) is 0 Å². The van der Waals surface area contributed by atoms with E-state index in [0.29, 0.717) is 5.56 Å². The first-order valence-electron chi connectivity index (χ1n) is 6.47. The fourth-order valence-corrected chi connectivity index (χ4v) is 1.61. The SMILES string of the molecule is CN(C)Cc1ccc(C(=O)NCC(C)(C)C(=O)O)cc1. The Labute approximate surface area is 119 Å². The smallest absolute Gasteiger partial charge is 0.310 e. The molecule has 110 valence electrons. The summed E-state index contributed by atoms with van der Waals surface area (Å²) in [4.78, 5) is 24.9. The number of amides is 1. The molecule has 0 atom stereocenters. The maximum absolute atomic E-state index is 11.9. The summed E-state index contributed by atoms with van der Waals surface area (Å²) in [6.07, 6.45) is 0. The molecule has 5 heteroatoms. The minimum absolute atomic E-state index is 0.0978. The summed E-state index contributed by atoms with van der Waals surface area (Å²) >= 11 is 0. The van der Waals surface area contributed by atoms with Gasteiger partial charge in [0.2, 0.25) is 0 Å². The Balaban J connectivity index is 2.62. The van der Waals surface area contributed by atoms with E-state index < -0.39 is 11.4 Å². The molecule has 5 nitrogen and oxygen atoms in total. The van der Waals surface area contributed by atoms with Crippen LogP contribution in [0, 0.1) is 5.41 Å². The van der Waals surface area contributed by atoms with Crippen LogP contribution in [0.15, 0.2) is 24.3 Å². The highest BCUT2D eigenvalue weighted by atomic mass is 16.4. The summed E-state index contributed by atoms with van der Waals surface area (Å²) in [6, 6.07) is 7.30. The van der Waals surface area contributed by atoms with Crippen LogP contribution >= 0.6 is 0 Å². The van der Waals surface area contributed by atoms with E-state index in [-0.39, 0.29) is 12.5 Å². The first-order valence-corrected chi connectivity index (χ1v) is 6.47. The second kappa shape index (κ2) is 6.52. The van der Waals surface area contributed by atoms with Gasteiger partial charge in [0.25, 0.3) is 5.91 Å². The Morgan fingerprint density at radius 3 is 2.20 bits per heavy atom. The van der Waals surface area contributed by atoms with Gasteiger partial charge in [0.05, 0.1) is 5.41 Å². The van der Waals surface area contributed by atoms with E-state index in [1.165, 1.54) is 0 Å². The molecule has 0 aliphatic carbocycles. The average molecular weight is 278 g/mol. The molecule has 0 saturated carbocycles. The number of hydrogen-bond acceptors (Lipinski definition) is 3. The van der Waals surface area contributed by atoms with Crippen LogP contribution in [0.3, 0.4) is 0 Å². The molecular formula is C15H22N2O3. The highest BCUT2D eigenvalue weighted by molar-refractivity contribution is 5.94. The van der Waals surface area contributed by atoms with Crippen molar-refractivity contribution in [2.75, 3.05) is 20.6 Å². The third-order valence-electron chi connectivity index (χ3n) is 2.98. The number of nitrogens with one attached hydrogen (secondary N) is 1. The van der Waals surface area contributed by atoms with Crippen molar-refractivity contribution in [2.45, 2.75) is 20.4 Å². The highest BCUT2D eigenvalue weighted by Crippen LogP contribution is 2.13. The molecular weight excluding hydrogens is 256 g/mol. The number of carbonyl (C=O) groups is 2. The summed E-state index contributed by atoms with van der Waals surface area (Å²) in [7, 11) is 3.96. The Bertz CT molecular complexity index is 478. The monoisotopic (exact) mass is 278 g/mol. The van der Waals surface area contributed by atoms with Crippen molar-refractivity contribution in [3.63, 3.8) is 0 Å². The predicted molar refractivity (Wildman–Crippen MR) is 77.6 cm³/mol. The van der Waals surface area contributed by atoms with Crippen molar-refractivity contribution >= 4 is 11.9 Å². The molecule has 0 radical (unpaired) electrons. The van der Waals surface area contributed by atoms with Crippen molar-refractivity contribution in [3.05, 3.63) is 35.4 Å². The largest absolute Gasteiger partial charge is 0.481 e. The molecule has 1 amide bonds. The zero-order valence-corrected chi connectivity index (χ0v) is 12.4. The second-order valence-electron chi connectivity index (χ2n) is 5.81. The van der Waals surface area contributed by atoms with E-state index in [2.05, 4.69) is 5.32 Å². The van der Waals surface area contributed by atoms with E-state index in [1.807, 2.05) is 31.1 Å². The highest BCUT2D eigenvalue weighted by Gasteiger charge is 2.27. The van der Waals surface area contributed by atoms with E-state index in [1.54, 1.807) is 26.0 Å². The topological polar surface area (TPSA) is 69.6 Å². The molecule has 1 aromatic rings. The van der Waals surface area contributed by atoms with Crippen LogP contribution in [0.25, 0.3) is 0 Å². The van der Waals surface area contributed by atoms with E-state index in [4.69, 9.17) is 5.11 Å². The van der Waals surface area contributed by atoms with Crippen molar-refractivity contribution in [1.29, 1.82) is 0 Å². The normalized spacial score (nSPS) is 11.4. The van der Waals surface area contributed by atoms with Gasteiger partial charge in [-0.05, 0) is 45.6 Å². The van der Waals surface area contributed by atoms with Crippen LogP contribution in [-0.4, -0.2) is 42.5 Å². The van der Waals surface area contributed by atoms with E-state index >= 15 is 0 Å². The number of rotatable bonds is 6. The van der Waals surface area contributed by atoms with Crippen LogP contribution in [0.1, 0.15) is 29.8 Å². The molecule has 20 heavy (non-hydrogen) atoms. The Morgan fingerprint density at radius 2 is 1.75 bits per heavy atom. The maximum Gasteiger partial charge on any atom is 0.310 e. The Morgan fingerprint density at radius 1 is 1.20 bits per heavy atom. The molecule has 0 bridgehead atoms. The second-order valence-corrected chi connectivity index (χ2v) is 5.81. The zero-order chi connectivity index (χ0) is 15.3. The van der Waals surface area contributed by atoms with Crippen molar-refractivity contribution in [3.8, 4) is 0 Å². The number of carboxylic acid groups (broad SMARTS) is 1. The number of carboxylic acids is 1. The Hall–Kier alpha value is -1.88. The molecule has 0 aliphatic rings. The van der Waals surface area contributed by atoms with E-state index in [0.717, 1.165) is 12.1 Å². The van der Waals surface area contributed by atoms with Gasteiger partial charge in [-0.2, -0.15) is 0 Å². The summed E-state index contributed by atoms with van der Waals surface area (Å²) in [5.41, 5.74) is 0.687. The molecule has 0 aromatic heterocycles. The number of benzene rings is 1. The predicted octanol–water partition coefficient (Wildman–Crippen LogP) is 1.59. The fourth-order valence-electron chi connectivity index (χ4n) is 1.61. The van der Waals surface area contributed by atoms with Gasteiger partial charge < -0.3 is 15.3 Å². The summed E-state index contributed by atoms with van der Waals surface area (Å²) in [5, 5.41) is 11.6. The molecule has 1 rings (SSSR count). The first kappa shape index (κ1) is 16.2. The number of carbonyl (C=O) groups excluding carboxylic acids is 1. The average Bonchev–Trinajstić information content (AvgIpc) is 2.36. The minimum Gasteiger partial charge on any atom is -0.481 e. The van der Waals surface area contributed by atoms with Crippen molar-refractivity contribution in [2.24, 2.45) is 5.41 Å². The minimum atomic E-state index is -0.972. The van der Waals surface area contributed by atoms with Crippen LogP contribution in [-0.2, 0) is 11.3 Å². The molecule has 2 N–H and O–H groups in total. The molecule has 0 aliphatic heterocycles. The lowest BCUT2D eigenvalue weighted by Crippen LogP contribution is -2.38. The first-order chi connectivity index (χ1) is 9.22. The lowest BCUT2D eigenvalue weighted by molar-refractivity contribution is -0.146. The maximum atomic E-state index is 11.9. The lowest BCUT2D eigenvalue weighted by atomic mass is 9.94. The van der Waals surface area contributed by atoms with Gasteiger partial charge in [0, 0.05) is 18.7 Å². The van der Waals surface area contributed by atoms with Gasteiger partial charge in [0.1, 0.15) is 0 Å². The van der Waals surface area contributed by atoms with Crippen LogP contribution in [0.5, 0.6) is 0 Å². The van der Waals surface area contributed by atoms with E-state index in [9.17, 15) is 9.59 Å². The van der Waals surface area contributed by atoms with Gasteiger partial charge in [-0.1, -0.05) is 12.1 Å². The van der Waals surface area contributed by atoms with Crippen LogP contribution in [0.2, 0.25) is 0 Å². The molecule has 0 saturated heterocycles. The van der Waals surface area contributed by atoms with Gasteiger partial charge in [-0.3, -0.25) is 9.59 Å². The molecule has 0 spiro atoms. The quantitative estimate of drug-likeness (QED) is 0.829. The fraction of sp³-hybridized carbons (Fsp3) is 0.467. The molecule has 0 heterocycles. The van der Waals surface area contributed by atoms with Gasteiger partial charge in [-0.15, -0.1) is 0 Å². The van der Waals surface area contributed by atoms with Crippen molar-refractivity contribution in [1.82, 2.24) is 10.2 Å². The summed E-state index contributed by atoms with van der Waals surface area (Å²) < 4.78 is 0. The van der Waals surface area contributed by atoms with Crippen molar-refractivity contribution < 1.29 is 14.7 Å². The van der Waals surface area contributed by atoms with Crippen LogP contribution < -0.4 is 5.32 Å². The molecule has 0 unspecified atom stereocenters. The number of nitrogens with zero attached hydrogens (tertiary/aromatic N) is 1. The summed E-state index contributed by atoms with van der Waals surface area (Å²) in [5.74, 6) is -1.19. The zero-order valence-electron chi connectivity index (χ0n) is 12.4. The molecule has 0 fully saturated rings.